The minimum absolute atomic E-state index is 0.501. The average Bonchev–Trinajstić information content (AvgIpc) is 2.61. The molecule has 13 aromatic carbocycles. The lowest BCUT2D eigenvalue weighted by Gasteiger charge is -2.14. The fraction of sp³-hybridized carbons (Fsp3) is 0. The monoisotopic (exact) mass is 1120 g/mol. The second-order valence-corrected chi connectivity index (χ2v) is 21.9. The van der Waals surface area contributed by atoms with Gasteiger partial charge in [0.05, 0.1) is 0 Å². The summed E-state index contributed by atoms with van der Waals surface area (Å²) in [4.78, 5) is 46.1. The van der Waals surface area contributed by atoms with Crippen LogP contribution in [0.3, 0.4) is 0 Å². The summed E-state index contributed by atoms with van der Waals surface area (Å²) in [7, 11) is 0. The van der Waals surface area contributed by atoms with Crippen molar-refractivity contribution in [2.75, 3.05) is 0 Å². The summed E-state index contributed by atoms with van der Waals surface area (Å²) in [5, 5.41) is 9.48. The normalized spacial score (nSPS) is 11.4. The standard InChI is InChI=1S/C79H49N9/c1-5-17-50(18-6-1)71-80-72(51-19-7-2-8-20-51)83-75(82-71)54-29-33-56(34-30-54)77-86-78(57-35-31-55(32-36-57)76-84-73(52-21-9-3-10-22-52)81-74(85-76)53-23-11-4-12-24-53)88-79(87-77)70-48-68(64-39-37-62-41-58-25-13-15-27-60(58)43-66(62)45-64)47-69(49-70)65-40-38-63-42-59-26-14-16-28-61(59)44-67(63)46-65/h1-49H. The Hall–Kier alpha value is -12.1. The maximum atomic E-state index is 5.40. The van der Waals surface area contributed by atoms with E-state index in [4.69, 9.17) is 44.9 Å². The van der Waals surface area contributed by atoms with Crippen LogP contribution in [0.4, 0.5) is 0 Å². The van der Waals surface area contributed by atoms with Gasteiger partial charge in [-0.15, -0.1) is 0 Å². The van der Waals surface area contributed by atoms with Crippen LogP contribution in [0.5, 0.6) is 0 Å². The van der Waals surface area contributed by atoms with Gasteiger partial charge in [-0.05, 0) is 120 Å². The minimum atomic E-state index is 0.501. The third-order valence-electron chi connectivity index (χ3n) is 16.1. The molecule has 0 amide bonds. The largest absolute Gasteiger partial charge is 0.208 e. The van der Waals surface area contributed by atoms with Gasteiger partial charge < -0.3 is 0 Å². The van der Waals surface area contributed by atoms with Gasteiger partial charge in [0.2, 0.25) is 0 Å². The quantitative estimate of drug-likeness (QED) is 0.117. The summed E-state index contributed by atoms with van der Waals surface area (Å²) in [6.45, 7) is 0. The molecule has 16 rings (SSSR count). The van der Waals surface area contributed by atoms with Crippen LogP contribution in [-0.2, 0) is 0 Å². The highest BCUT2D eigenvalue weighted by molar-refractivity contribution is 6.02. The molecule has 0 spiro atoms. The molecule has 0 saturated carbocycles. The lowest BCUT2D eigenvalue weighted by Crippen LogP contribution is -2.02. The number of hydrogen-bond acceptors (Lipinski definition) is 9. The van der Waals surface area contributed by atoms with Crippen LogP contribution in [-0.4, -0.2) is 44.9 Å². The molecule has 88 heavy (non-hydrogen) atoms. The Labute approximate surface area is 507 Å². The van der Waals surface area contributed by atoms with E-state index in [1.165, 1.54) is 32.3 Å². The van der Waals surface area contributed by atoms with E-state index in [-0.39, 0.29) is 0 Å². The molecule has 0 N–H and O–H groups in total. The Kier molecular flexibility index (Phi) is 13.0. The van der Waals surface area contributed by atoms with Crippen LogP contribution in [0, 0.1) is 0 Å². The molecular formula is C79H49N9. The molecule has 0 aliphatic carbocycles. The SMILES string of the molecule is c1ccc(-c2nc(-c3ccccc3)nc(-c3ccc(-c4nc(-c5ccc(-c6nc(-c7ccccc7)nc(-c7ccccc7)n6)cc5)nc(-c5cc(-c6ccc7cc8ccccc8cc7c6)cc(-c6ccc7cc8ccccc8cc7c6)c5)n4)cc3)n2)cc1. The van der Waals surface area contributed by atoms with Crippen LogP contribution >= 0.6 is 0 Å². The Balaban J connectivity index is 0.854. The molecule has 3 aromatic heterocycles. The predicted octanol–water partition coefficient (Wildman–Crippen LogP) is 19.2. The van der Waals surface area contributed by atoms with E-state index in [2.05, 4.69) is 127 Å². The first-order valence-electron chi connectivity index (χ1n) is 29.2. The Bertz CT molecular complexity index is 4860. The summed E-state index contributed by atoms with van der Waals surface area (Å²) >= 11 is 0. The molecule has 16 aromatic rings. The van der Waals surface area contributed by atoms with Gasteiger partial charge in [0, 0.05) is 50.1 Å². The Morgan fingerprint density at radius 3 is 0.580 bits per heavy atom. The smallest absolute Gasteiger partial charge is 0.164 e. The van der Waals surface area contributed by atoms with Gasteiger partial charge in [0.1, 0.15) is 0 Å². The van der Waals surface area contributed by atoms with Gasteiger partial charge in [-0.25, -0.2) is 44.9 Å². The third-order valence-corrected chi connectivity index (χ3v) is 16.1. The number of rotatable bonds is 11. The molecule has 3 heterocycles. The highest BCUT2D eigenvalue weighted by Crippen LogP contribution is 2.38. The summed E-state index contributed by atoms with van der Waals surface area (Å²) in [6, 6.07) is 103. The fourth-order valence-corrected chi connectivity index (χ4v) is 11.5. The van der Waals surface area contributed by atoms with Crippen molar-refractivity contribution in [3.63, 3.8) is 0 Å². The van der Waals surface area contributed by atoms with Crippen molar-refractivity contribution < 1.29 is 0 Å². The van der Waals surface area contributed by atoms with Crippen LogP contribution < -0.4 is 0 Å². The van der Waals surface area contributed by atoms with Crippen molar-refractivity contribution >= 4 is 43.1 Å². The Morgan fingerprint density at radius 1 is 0.114 bits per heavy atom. The van der Waals surface area contributed by atoms with E-state index in [1.54, 1.807) is 0 Å². The first kappa shape index (κ1) is 51.6. The number of benzene rings is 13. The van der Waals surface area contributed by atoms with Crippen LogP contribution in [0.1, 0.15) is 0 Å². The van der Waals surface area contributed by atoms with E-state index in [0.717, 1.165) is 83.1 Å². The number of aromatic nitrogens is 9. The van der Waals surface area contributed by atoms with Crippen molar-refractivity contribution in [1.29, 1.82) is 0 Å². The van der Waals surface area contributed by atoms with Gasteiger partial charge >= 0.3 is 0 Å². The van der Waals surface area contributed by atoms with Crippen molar-refractivity contribution in [2.45, 2.75) is 0 Å². The lowest BCUT2D eigenvalue weighted by molar-refractivity contribution is 1.07. The van der Waals surface area contributed by atoms with Gasteiger partial charge in [0.25, 0.3) is 0 Å². The molecule has 0 unspecified atom stereocenters. The number of fused-ring (bicyclic) bond motifs is 4. The second kappa shape index (κ2) is 22.2. The van der Waals surface area contributed by atoms with Crippen molar-refractivity contribution in [3.05, 3.63) is 297 Å². The van der Waals surface area contributed by atoms with E-state index in [0.29, 0.717) is 52.4 Å². The topological polar surface area (TPSA) is 116 Å². The predicted molar refractivity (Wildman–Crippen MR) is 356 cm³/mol. The van der Waals surface area contributed by atoms with Crippen LogP contribution in [0.2, 0.25) is 0 Å². The third kappa shape index (κ3) is 10.2. The van der Waals surface area contributed by atoms with Crippen LogP contribution in [0.25, 0.3) is 168 Å². The molecule has 0 aliphatic heterocycles. The first-order chi connectivity index (χ1) is 43.5. The van der Waals surface area contributed by atoms with Gasteiger partial charge in [-0.2, -0.15) is 0 Å². The van der Waals surface area contributed by atoms with Gasteiger partial charge in [-0.1, -0.05) is 243 Å². The highest BCUT2D eigenvalue weighted by Gasteiger charge is 2.19. The zero-order chi connectivity index (χ0) is 58.3. The molecule has 0 atom stereocenters. The zero-order valence-electron chi connectivity index (χ0n) is 47.3. The molecule has 9 heteroatoms. The van der Waals surface area contributed by atoms with Crippen LogP contribution in [0.15, 0.2) is 297 Å². The van der Waals surface area contributed by atoms with Crippen molar-refractivity contribution in [2.24, 2.45) is 0 Å². The Morgan fingerprint density at radius 2 is 0.307 bits per heavy atom. The molecular weight excluding hydrogens is 1070 g/mol. The summed E-state index contributed by atoms with van der Waals surface area (Å²) in [5.74, 6) is 4.98. The second-order valence-electron chi connectivity index (χ2n) is 21.9. The van der Waals surface area contributed by atoms with Gasteiger partial charge in [0.15, 0.2) is 52.4 Å². The van der Waals surface area contributed by atoms with E-state index >= 15 is 0 Å². The molecule has 410 valence electrons. The molecule has 0 radical (unpaired) electrons. The minimum Gasteiger partial charge on any atom is -0.208 e. The van der Waals surface area contributed by atoms with Crippen molar-refractivity contribution in [1.82, 2.24) is 44.9 Å². The van der Waals surface area contributed by atoms with E-state index in [1.807, 2.05) is 170 Å². The molecule has 9 nitrogen and oxygen atoms in total. The number of nitrogens with zero attached hydrogens (tertiary/aromatic N) is 9. The maximum absolute atomic E-state index is 5.40. The molecule has 0 aliphatic rings. The number of hydrogen-bond donors (Lipinski definition) is 0. The fourth-order valence-electron chi connectivity index (χ4n) is 11.5. The summed E-state index contributed by atoms with van der Waals surface area (Å²) in [6.07, 6.45) is 0. The molecule has 0 bridgehead atoms. The lowest BCUT2D eigenvalue weighted by atomic mass is 9.92. The molecule has 0 fully saturated rings. The van der Waals surface area contributed by atoms with E-state index in [9.17, 15) is 0 Å². The summed E-state index contributed by atoms with van der Waals surface area (Å²) in [5.41, 5.74) is 11.9. The summed E-state index contributed by atoms with van der Waals surface area (Å²) < 4.78 is 0. The average molecular weight is 1120 g/mol. The zero-order valence-corrected chi connectivity index (χ0v) is 47.3. The van der Waals surface area contributed by atoms with Gasteiger partial charge in [-0.3, -0.25) is 0 Å². The van der Waals surface area contributed by atoms with E-state index < -0.39 is 0 Å². The van der Waals surface area contributed by atoms with Crippen molar-refractivity contribution in [3.8, 4) is 125 Å². The molecule has 0 saturated heterocycles. The first-order valence-corrected chi connectivity index (χ1v) is 29.2. The maximum Gasteiger partial charge on any atom is 0.164 e. The highest BCUT2D eigenvalue weighted by atomic mass is 15.1.